The highest BCUT2D eigenvalue weighted by atomic mass is 16.1. The lowest BCUT2D eigenvalue weighted by Crippen LogP contribution is -2.35. The molecule has 68 valence electrons. The summed E-state index contributed by atoms with van der Waals surface area (Å²) in [6.07, 6.45) is 1.85. The van der Waals surface area contributed by atoms with Crippen molar-refractivity contribution < 1.29 is 9.59 Å². The minimum absolute atomic E-state index is 0.00736. The molecule has 4 heteroatoms. The van der Waals surface area contributed by atoms with Crippen LogP contribution in [0.15, 0.2) is 0 Å². The molecule has 1 aliphatic rings. The van der Waals surface area contributed by atoms with Crippen LogP contribution in [0, 0.1) is 0 Å². The number of likely N-dealkylation sites (tertiary alicyclic amines) is 1. The van der Waals surface area contributed by atoms with Gasteiger partial charge in [-0.3, -0.25) is 9.69 Å². The molecule has 4 nitrogen and oxygen atoms in total. The van der Waals surface area contributed by atoms with Gasteiger partial charge in [0.15, 0.2) is 0 Å². The number of amides is 1. The molecule has 0 radical (unpaired) electrons. The van der Waals surface area contributed by atoms with Crippen LogP contribution in [0.5, 0.6) is 0 Å². The monoisotopic (exact) mass is 170 g/mol. The third kappa shape index (κ3) is 2.62. The van der Waals surface area contributed by atoms with Gasteiger partial charge in [0.1, 0.15) is 6.29 Å². The lowest BCUT2D eigenvalue weighted by Gasteiger charge is -2.12. The largest absolute Gasteiger partial charge is 0.352 e. The normalized spacial score (nSPS) is 23.9. The fourth-order valence-corrected chi connectivity index (χ4v) is 1.51. The van der Waals surface area contributed by atoms with Gasteiger partial charge in [-0.1, -0.05) is 0 Å². The van der Waals surface area contributed by atoms with E-state index in [9.17, 15) is 9.59 Å². The minimum Gasteiger partial charge on any atom is -0.352 e. The quantitative estimate of drug-likeness (QED) is 0.575. The standard InChI is InChI=1S/C8H14N2O2/c1-7(12)9-8-2-3-10(6-8)4-5-11/h5,8H,2-4,6H2,1H3,(H,9,12). The Kier molecular flexibility index (Phi) is 3.22. The van der Waals surface area contributed by atoms with E-state index < -0.39 is 0 Å². The van der Waals surface area contributed by atoms with Crippen LogP contribution in [0.1, 0.15) is 13.3 Å². The molecule has 1 N–H and O–H groups in total. The highest BCUT2D eigenvalue weighted by Crippen LogP contribution is 2.07. The van der Waals surface area contributed by atoms with E-state index in [1.807, 2.05) is 4.90 Å². The topological polar surface area (TPSA) is 49.4 Å². The van der Waals surface area contributed by atoms with Crippen molar-refractivity contribution in [2.24, 2.45) is 0 Å². The second-order valence-corrected chi connectivity index (χ2v) is 3.11. The van der Waals surface area contributed by atoms with Gasteiger partial charge < -0.3 is 10.1 Å². The van der Waals surface area contributed by atoms with Crippen LogP contribution >= 0.6 is 0 Å². The van der Waals surface area contributed by atoms with Gasteiger partial charge in [0, 0.05) is 26.1 Å². The van der Waals surface area contributed by atoms with Crippen LogP contribution in [-0.4, -0.2) is 42.8 Å². The summed E-state index contributed by atoms with van der Waals surface area (Å²) < 4.78 is 0. The summed E-state index contributed by atoms with van der Waals surface area (Å²) in [5.74, 6) is 0.00736. The number of nitrogens with one attached hydrogen (secondary N) is 1. The smallest absolute Gasteiger partial charge is 0.217 e. The van der Waals surface area contributed by atoms with Gasteiger partial charge >= 0.3 is 0 Å². The van der Waals surface area contributed by atoms with E-state index in [1.165, 1.54) is 6.92 Å². The van der Waals surface area contributed by atoms with E-state index in [-0.39, 0.29) is 11.9 Å². The molecule has 0 aromatic carbocycles. The average Bonchev–Trinajstić information content (AvgIpc) is 2.36. The summed E-state index contributed by atoms with van der Waals surface area (Å²) in [6.45, 7) is 3.71. The van der Waals surface area contributed by atoms with Crippen molar-refractivity contribution in [1.82, 2.24) is 10.2 Å². The Hall–Kier alpha value is -0.900. The third-order valence-electron chi connectivity index (χ3n) is 2.01. The fraction of sp³-hybridized carbons (Fsp3) is 0.750. The number of carbonyl (C=O) groups is 2. The molecule has 0 aromatic heterocycles. The summed E-state index contributed by atoms with van der Waals surface area (Å²) in [4.78, 5) is 22.9. The number of rotatable bonds is 3. The number of hydrogen-bond acceptors (Lipinski definition) is 3. The molecule has 12 heavy (non-hydrogen) atoms. The number of aldehydes is 1. The number of carbonyl (C=O) groups excluding carboxylic acids is 2. The maximum Gasteiger partial charge on any atom is 0.217 e. The summed E-state index contributed by atoms with van der Waals surface area (Å²) in [6, 6.07) is 0.238. The van der Waals surface area contributed by atoms with E-state index in [1.54, 1.807) is 0 Å². The van der Waals surface area contributed by atoms with Crippen molar-refractivity contribution in [3.63, 3.8) is 0 Å². The van der Waals surface area contributed by atoms with E-state index in [0.29, 0.717) is 6.54 Å². The van der Waals surface area contributed by atoms with E-state index in [0.717, 1.165) is 25.8 Å². The molecule has 1 unspecified atom stereocenters. The van der Waals surface area contributed by atoms with E-state index in [4.69, 9.17) is 0 Å². The SMILES string of the molecule is CC(=O)NC1CCN(CC=O)C1. The molecule has 1 atom stereocenters. The minimum atomic E-state index is 0.00736. The number of hydrogen-bond donors (Lipinski definition) is 1. The highest BCUT2D eigenvalue weighted by Gasteiger charge is 2.21. The molecule has 0 aliphatic carbocycles. The fourth-order valence-electron chi connectivity index (χ4n) is 1.51. The second-order valence-electron chi connectivity index (χ2n) is 3.11. The maximum absolute atomic E-state index is 10.7. The molecular weight excluding hydrogens is 156 g/mol. The zero-order chi connectivity index (χ0) is 8.97. The van der Waals surface area contributed by atoms with Gasteiger partial charge in [0.25, 0.3) is 0 Å². The molecule has 0 aromatic rings. The van der Waals surface area contributed by atoms with Gasteiger partial charge in [0.05, 0.1) is 6.54 Å². The molecule has 1 fully saturated rings. The Bertz CT molecular complexity index is 182. The predicted molar refractivity (Wildman–Crippen MR) is 44.7 cm³/mol. The molecule has 1 saturated heterocycles. The van der Waals surface area contributed by atoms with Crippen LogP contribution in [0.25, 0.3) is 0 Å². The lowest BCUT2D eigenvalue weighted by atomic mass is 10.3. The van der Waals surface area contributed by atoms with E-state index in [2.05, 4.69) is 5.32 Å². The van der Waals surface area contributed by atoms with Gasteiger partial charge in [-0.25, -0.2) is 0 Å². The van der Waals surface area contributed by atoms with Gasteiger partial charge in [0.2, 0.25) is 5.91 Å². The van der Waals surface area contributed by atoms with Crippen molar-refractivity contribution in [1.29, 1.82) is 0 Å². The summed E-state index contributed by atoms with van der Waals surface area (Å²) in [5.41, 5.74) is 0. The predicted octanol–water partition coefficient (Wildman–Crippen LogP) is -0.604. The van der Waals surface area contributed by atoms with Crippen LogP contribution in [0.4, 0.5) is 0 Å². The first-order valence-corrected chi connectivity index (χ1v) is 4.15. The highest BCUT2D eigenvalue weighted by molar-refractivity contribution is 5.73. The maximum atomic E-state index is 10.7. The van der Waals surface area contributed by atoms with E-state index >= 15 is 0 Å². The zero-order valence-electron chi connectivity index (χ0n) is 7.25. The molecule has 0 bridgehead atoms. The van der Waals surface area contributed by atoms with Crippen molar-refractivity contribution in [3.8, 4) is 0 Å². The van der Waals surface area contributed by atoms with Crippen molar-refractivity contribution in [2.45, 2.75) is 19.4 Å². The van der Waals surface area contributed by atoms with Gasteiger partial charge in [-0.2, -0.15) is 0 Å². The molecule has 1 amide bonds. The Morgan fingerprint density at radius 1 is 1.75 bits per heavy atom. The average molecular weight is 170 g/mol. The van der Waals surface area contributed by atoms with Crippen molar-refractivity contribution in [2.75, 3.05) is 19.6 Å². The van der Waals surface area contributed by atoms with Crippen molar-refractivity contribution >= 4 is 12.2 Å². The molecule has 1 heterocycles. The third-order valence-corrected chi connectivity index (χ3v) is 2.01. The Morgan fingerprint density at radius 3 is 3.08 bits per heavy atom. The van der Waals surface area contributed by atoms with Crippen LogP contribution in [-0.2, 0) is 9.59 Å². The first kappa shape index (κ1) is 9.19. The molecule has 1 rings (SSSR count). The molecule has 0 saturated carbocycles. The summed E-state index contributed by atoms with van der Waals surface area (Å²) in [5, 5.41) is 2.83. The van der Waals surface area contributed by atoms with Gasteiger partial charge in [-0.05, 0) is 6.42 Å². The molecular formula is C8H14N2O2. The lowest BCUT2D eigenvalue weighted by molar-refractivity contribution is -0.119. The van der Waals surface area contributed by atoms with Gasteiger partial charge in [-0.15, -0.1) is 0 Å². The van der Waals surface area contributed by atoms with Crippen LogP contribution in [0.2, 0.25) is 0 Å². The zero-order valence-corrected chi connectivity index (χ0v) is 7.25. The van der Waals surface area contributed by atoms with Crippen LogP contribution in [0.3, 0.4) is 0 Å². The Balaban J connectivity index is 2.25. The summed E-state index contributed by atoms with van der Waals surface area (Å²) >= 11 is 0. The molecule has 0 spiro atoms. The first-order valence-electron chi connectivity index (χ1n) is 4.15. The Labute approximate surface area is 71.9 Å². The molecule has 1 aliphatic heterocycles. The number of nitrogens with zero attached hydrogens (tertiary/aromatic N) is 1. The second kappa shape index (κ2) is 4.21. The van der Waals surface area contributed by atoms with Crippen molar-refractivity contribution in [3.05, 3.63) is 0 Å². The summed E-state index contributed by atoms with van der Waals surface area (Å²) in [7, 11) is 0. The first-order chi connectivity index (χ1) is 5.72. The van der Waals surface area contributed by atoms with Crippen LogP contribution < -0.4 is 5.32 Å². The Morgan fingerprint density at radius 2 is 2.50 bits per heavy atom.